The Labute approximate surface area is 200 Å². The number of para-hydroxylation sites is 1. The maximum Gasteiger partial charge on any atom is 0.267 e. The number of hydrogen-bond donors (Lipinski definition) is 0. The number of carbonyl (C=O) groups is 1. The van der Waals surface area contributed by atoms with E-state index in [-0.39, 0.29) is 29.5 Å². The van der Waals surface area contributed by atoms with Crippen molar-refractivity contribution in [1.29, 1.82) is 0 Å². The summed E-state index contributed by atoms with van der Waals surface area (Å²) >= 11 is 1.16. The molecular formula is C25H23FN4O3S. The summed E-state index contributed by atoms with van der Waals surface area (Å²) in [5.41, 5.74) is 1.76. The molecule has 0 unspecified atom stereocenters. The molecule has 1 amide bonds. The van der Waals surface area contributed by atoms with Gasteiger partial charge in [-0.3, -0.25) is 9.59 Å². The first-order valence-corrected chi connectivity index (χ1v) is 11.5. The first-order chi connectivity index (χ1) is 16.4. The lowest BCUT2D eigenvalue weighted by Crippen LogP contribution is -2.29. The molecule has 0 aliphatic rings. The minimum absolute atomic E-state index is 0.0474. The minimum Gasteiger partial charge on any atom is -0.494 e. The van der Waals surface area contributed by atoms with E-state index in [2.05, 4.69) is 9.97 Å². The number of carbonyl (C=O) groups excluding carboxylic acids is 1. The van der Waals surface area contributed by atoms with Crippen LogP contribution in [-0.2, 0) is 11.3 Å². The van der Waals surface area contributed by atoms with Crippen molar-refractivity contribution in [3.8, 4) is 11.6 Å². The lowest BCUT2D eigenvalue weighted by Gasteiger charge is -2.18. The van der Waals surface area contributed by atoms with Gasteiger partial charge in [0.25, 0.3) is 5.56 Å². The monoisotopic (exact) mass is 478 g/mol. The molecular weight excluding hydrogens is 455 g/mol. The van der Waals surface area contributed by atoms with Crippen LogP contribution in [0.2, 0.25) is 0 Å². The van der Waals surface area contributed by atoms with Crippen LogP contribution in [0.15, 0.2) is 70.7 Å². The maximum atomic E-state index is 14.0. The average Bonchev–Trinajstić information content (AvgIpc) is 2.83. The molecule has 0 aliphatic heterocycles. The molecule has 0 saturated carbocycles. The Kier molecular flexibility index (Phi) is 6.93. The number of pyridine rings is 1. The first-order valence-electron chi connectivity index (χ1n) is 10.5. The highest BCUT2D eigenvalue weighted by atomic mass is 32.2. The fraction of sp³-hybridized carbons (Fsp3) is 0.200. The number of aryl methyl sites for hydroxylation is 1. The van der Waals surface area contributed by atoms with Gasteiger partial charge >= 0.3 is 0 Å². The Bertz CT molecular complexity index is 1420. The summed E-state index contributed by atoms with van der Waals surface area (Å²) in [7, 11) is 3.05. The number of amides is 1. The van der Waals surface area contributed by atoms with Crippen LogP contribution in [0, 0.1) is 12.7 Å². The molecule has 0 saturated heterocycles. The molecule has 34 heavy (non-hydrogen) atoms. The van der Waals surface area contributed by atoms with Crippen LogP contribution >= 0.6 is 11.8 Å². The van der Waals surface area contributed by atoms with Gasteiger partial charge in [-0.15, -0.1) is 0 Å². The van der Waals surface area contributed by atoms with Crippen LogP contribution in [0.3, 0.4) is 0 Å². The highest BCUT2D eigenvalue weighted by Gasteiger charge is 2.18. The second-order valence-corrected chi connectivity index (χ2v) is 8.65. The molecule has 0 fully saturated rings. The predicted octanol–water partition coefficient (Wildman–Crippen LogP) is 3.99. The van der Waals surface area contributed by atoms with Crippen molar-refractivity contribution in [2.75, 3.05) is 19.9 Å². The molecule has 2 heterocycles. The van der Waals surface area contributed by atoms with Gasteiger partial charge in [0.15, 0.2) is 16.7 Å². The Hall–Kier alpha value is -3.72. The van der Waals surface area contributed by atoms with Gasteiger partial charge in [-0.05, 0) is 48.4 Å². The van der Waals surface area contributed by atoms with E-state index in [1.807, 2.05) is 19.1 Å². The molecule has 9 heteroatoms. The van der Waals surface area contributed by atoms with Crippen molar-refractivity contribution >= 4 is 28.6 Å². The van der Waals surface area contributed by atoms with Crippen LogP contribution in [0.4, 0.5) is 4.39 Å². The normalized spacial score (nSPS) is 10.9. The molecule has 0 spiro atoms. The van der Waals surface area contributed by atoms with E-state index < -0.39 is 5.82 Å². The molecule has 174 valence electrons. The number of halogens is 1. The first kappa shape index (κ1) is 23.4. The van der Waals surface area contributed by atoms with Crippen molar-refractivity contribution < 1.29 is 13.9 Å². The molecule has 0 atom stereocenters. The summed E-state index contributed by atoms with van der Waals surface area (Å²) in [5, 5.41) is 0.852. The quantitative estimate of drug-likeness (QED) is 0.295. The zero-order chi connectivity index (χ0) is 24.2. The number of fused-ring (bicyclic) bond motifs is 1. The summed E-state index contributed by atoms with van der Waals surface area (Å²) in [6, 6.07) is 15.3. The molecule has 0 aliphatic carbocycles. The van der Waals surface area contributed by atoms with E-state index in [0.29, 0.717) is 27.4 Å². The topological polar surface area (TPSA) is 77.3 Å². The third-order valence-corrected chi connectivity index (χ3v) is 6.25. The molecule has 7 nitrogen and oxygen atoms in total. The number of thioether (sulfide) groups is 1. The lowest BCUT2D eigenvalue weighted by molar-refractivity contribution is -0.127. The molecule has 2 aromatic carbocycles. The van der Waals surface area contributed by atoms with Gasteiger partial charge in [-0.2, -0.15) is 0 Å². The van der Waals surface area contributed by atoms with Gasteiger partial charge in [-0.25, -0.2) is 18.9 Å². The van der Waals surface area contributed by atoms with Crippen molar-refractivity contribution in [1.82, 2.24) is 19.4 Å². The third kappa shape index (κ3) is 4.79. The molecule has 4 rings (SSSR count). The molecule has 2 aromatic heterocycles. The van der Waals surface area contributed by atoms with Crippen LogP contribution in [0.25, 0.3) is 16.7 Å². The summed E-state index contributed by atoms with van der Waals surface area (Å²) in [5.74, 6) is 0.00527. The van der Waals surface area contributed by atoms with Gasteiger partial charge in [0, 0.05) is 19.8 Å². The lowest BCUT2D eigenvalue weighted by atomic mass is 10.2. The molecule has 4 aromatic rings. The fourth-order valence-electron chi connectivity index (χ4n) is 3.51. The van der Waals surface area contributed by atoms with Crippen LogP contribution in [0.5, 0.6) is 5.75 Å². The zero-order valence-electron chi connectivity index (χ0n) is 19.0. The predicted molar refractivity (Wildman–Crippen MR) is 130 cm³/mol. The Morgan fingerprint density at radius 3 is 2.71 bits per heavy atom. The van der Waals surface area contributed by atoms with Gasteiger partial charge in [0.1, 0.15) is 5.82 Å². The number of benzene rings is 2. The van der Waals surface area contributed by atoms with Gasteiger partial charge in [0.2, 0.25) is 5.91 Å². The van der Waals surface area contributed by atoms with Gasteiger partial charge in [-0.1, -0.05) is 36.0 Å². The number of nitrogens with zero attached hydrogens (tertiary/aromatic N) is 4. The highest BCUT2D eigenvalue weighted by Crippen LogP contribution is 2.23. The van der Waals surface area contributed by atoms with Gasteiger partial charge in [0.05, 0.1) is 23.8 Å². The average molecular weight is 479 g/mol. The smallest absolute Gasteiger partial charge is 0.267 e. The van der Waals surface area contributed by atoms with Crippen LogP contribution in [-0.4, -0.2) is 45.3 Å². The fourth-order valence-corrected chi connectivity index (χ4v) is 4.45. The van der Waals surface area contributed by atoms with E-state index in [4.69, 9.17) is 4.74 Å². The second-order valence-electron chi connectivity index (χ2n) is 7.70. The van der Waals surface area contributed by atoms with Crippen molar-refractivity contribution in [2.24, 2.45) is 0 Å². The standard InChI is InChI=1S/C25H23FN4O3S/c1-16-7-6-12-27-23(16)30-24(32)18-8-4-5-9-20(18)28-25(30)34-15-22(31)29(2)14-17-10-11-21(33-3)19(26)13-17/h4-13H,14-15H2,1-3H3. The van der Waals surface area contributed by atoms with Crippen molar-refractivity contribution in [3.63, 3.8) is 0 Å². The van der Waals surface area contributed by atoms with Gasteiger partial charge < -0.3 is 9.64 Å². The molecule has 0 radical (unpaired) electrons. The zero-order valence-corrected chi connectivity index (χ0v) is 19.8. The minimum atomic E-state index is -0.481. The van der Waals surface area contributed by atoms with Crippen molar-refractivity contribution in [2.45, 2.75) is 18.6 Å². The van der Waals surface area contributed by atoms with E-state index in [0.717, 1.165) is 17.3 Å². The second kappa shape index (κ2) is 10.0. The molecule has 0 bridgehead atoms. The van der Waals surface area contributed by atoms with E-state index >= 15 is 0 Å². The van der Waals surface area contributed by atoms with E-state index in [9.17, 15) is 14.0 Å². The van der Waals surface area contributed by atoms with Crippen LogP contribution < -0.4 is 10.3 Å². The molecule has 0 N–H and O–H groups in total. The number of ether oxygens (including phenoxy) is 1. The summed E-state index contributed by atoms with van der Waals surface area (Å²) < 4.78 is 20.4. The summed E-state index contributed by atoms with van der Waals surface area (Å²) in [6.45, 7) is 2.10. The number of aromatic nitrogens is 3. The summed E-state index contributed by atoms with van der Waals surface area (Å²) in [6.07, 6.45) is 1.62. The number of methoxy groups -OCH3 is 1. The van der Waals surface area contributed by atoms with Crippen LogP contribution in [0.1, 0.15) is 11.1 Å². The Morgan fingerprint density at radius 2 is 1.97 bits per heavy atom. The Balaban J connectivity index is 1.60. The summed E-state index contributed by atoms with van der Waals surface area (Å²) in [4.78, 5) is 36.7. The highest BCUT2D eigenvalue weighted by molar-refractivity contribution is 7.99. The third-order valence-electron chi connectivity index (χ3n) is 5.33. The largest absolute Gasteiger partial charge is 0.494 e. The number of hydrogen-bond acceptors (Lipinski definition) is 6. The SMILES string of the molecule is COc1ccc(CN(C)C(=O)CSc2nc3ccccc3c(=O)n2-c2ncccc2C)cc1F. The Morgan fingerprint density at radius 1 is 1.18 bits per heavy atom. The van der Waals surface area contributed by atoms with E-state index in [1.54, 1.807) is 43.6 Å². The number of rotatable bonds is 7. The maximum absolute atomic E-state index is 14.0. The van der Waals surface area contributed by atoms with Crippen molar-refractivity contribution in [3.05, 3.63) is 88.1 Å². The van der Waals surface area contributed by atoms with E-state index in [1.165, 1.54) is 28.7 Å².